The summed E-state index contributed by atoms with van der Waals surface area (Å²) in [4.78, 5) is 4.34. The van der Waals surface area contributed by atoms with Gasteiger partial charge in [-0.1, -0.05) is 32.9 Å². The second-order valence-electron chi connectivity index (χ2n) is 5.26. The van der Waals surface area contributed by atoms with Crippen molar-refractivity contribution >= 4 is 0 Å². The molecule has 2 rings (SSSR count). The summed E-state index contributed by atoms with van der Waals surface area (Å²) in [7, 11) is 0. The molecule has 0 bridgehead atoms. The standard InChI is InChI=1S/C17H22N2O/c1-4-16(18)17-10-9-15(11-19-17)20-14-7-5-13(6-8-14)12(2)3/h5-12,16H,4,18H2,1-3H3. The van der Waals surface area contributed by atoms with Crippen LogP contribution in [0.15, 0.2) is 42.6 Å². The second kappa shape index (κ2) is 6.53. The summed E-state index contributed by atoms with van der Waals surface area (Å²) in [5.74, 6) is 2.08. The Morgan fingerprint density at radius 2 is 1.70 bits per heavy atom. The van der Waals surface area contributed by atoms with E-state index < -0.39 is 0 Å². The summed E-state index contributed by atoms with van der Waals surface area (Å²) in [6, 6.07) is 12.0. The normalized spacial score (nSPS) is 12.4. The topological polar surface area (TPSA) is 48.1 Å². The maximum absolute atomic E-state index is 5.94. The van der Waals surface area contributed by atoms with Crippen LogP contribution in [-0.4, -0.2) is 4.98 Å². The molecule has 1 unspecified atom stereocenters. The number of aromatic nitrogens is 1. The number of nitrogens with zero attached hydrogens (tertiary/aromatic N) is 1. The summed E-state index contributed by atoms with van der Waals surface area (Å²) in [5, 5.41) is 0. The minimum atomic E-state index is -0.00521. The monoisotopic (exact) mass is 270 g/mol. The molecule has 3 heteroatoms. The van der Waals surface area contributed by atoms with Gasteiger partial charge in [0.05, 0.1) is 11.9 Å². The SMILES string of the molecule is CCC(N)c1ccc(Oc2ccc(C(C)C)cc2)cn1. The Bertz CT molecular complexity index is 532. The van der Waals surface area contributed by atoms with E-state index in [1.165, 1.54) is 5.56 Å². The zero-order valence-electron chi connectivity index (χ0n) is 12.3. The molecule has 1 aromatic carbocycles. The van der Waals surface area contributed by atoms with E-state index in [4.69, 9.17) is 10.5 Å². The van der Waals surface area contributed by atoms with Gasteiger partial charge in [0.15, 0.2) is 0 Å². The number of hydrogen-bond acceptors (Lipinski definition) is 3. The largest absolute Gasteiger partial charge is 0.456 e. The third-order valence-electron chi connectivity index (χ3n) is 3.36. The molecule has 0 saturated carbocycles. The first-order valence-electron chi connectivity index (χ1n) is 7.09. The molecule has 3 nitrogen and oxygen atoms in total. The number of pyridine rings is 1. The van der Waals surface area contributed by atoms with Gasteiger partial charge in [0, 0.05) is 6.04 Å². The van der Waals surface area contributed by atoms with E-state index in [0.29, 0.717) is 5.92 Å². The average molecular weight is 270 g/mol. The van der Waals surface area contributed by atoms with Crippen LogP contribution >= 0.6 is 0 Å². The van der Waals surface area contributed by atoms with Crippen LogP contribution in [0.5, 0.6) is 11.5 Å². The molecule has 0 amide bonds. The van der Waals surface area contributed by atoms with E-state index in [9.17, 15) is 0 Å². The third-order valence-corrected chi connectivity index (χ3v) is 3.36. The Balaban J connectivity index is 2.06. The van der Waals surface area contributed by atoms with Gasteiger partial charge in [-0.05, 0) is 42.2 Å². The Labute approximate surface area is 120 Å². The minimum Gasteiger partial charge on any atom is -0.456 e. The van der Waals surface area contributed by atoms with Crippen LogP contribution in [0.2, 0.25) is 0 Å². The number of rotatable bonds is 5. The van der Waals surface area contributed by atoms with Crippen LogP contribution in [0.3, 0.4) is 0 Å². The first kappa shape index (κ1) is 14.5. The lowest BCUT2D eigenvalue weighted by Crippen LogP contribution is -2.10. The van der Waals surface area contributed by atoms with Gasteiger partial charge < -0.3 is 10.5 Å². The van der Waals surface area contributed by atoms with Gasteiger partial charge in [0.25, 0.3) is 0 Å². The first-order chi connectivity index (χ1) is 9.60. The highest BCUT2D eigenvalue weighted by Crippen LogP contribution is 2.24. The quantitative estimate of drug-likeness (QED) is 0.875. The summed E-state index contributed by atoms with van der Waals surface area (Å²) >= 11 is 0. The molecule has 2 N–H and O–H groups in total. The van der Waals surface area contributed by atoms with Crippen molar-refractivity contribution in [1.29, 1.82) is 0 Å². The van der Waals surface area contributed by atoms with Gasteiger partial charge >= 0.3 is 0 Å². The molecule has 20 heavy (non-hydrogen) atoms. The van der Waals surface area contributed by atoms with Crippen molar-refractivity contribution < 1.29 is 4.74 Å². The van der Waals surface area contributed by atoms with Crippen molar-refractivity contribution in [2.24, 2.45) is 5.73 Å². The van der Waals surface area contributed by atoms with Crippen molar-refractivity contribution in [1.82, 2.24) is 4.98 Å². The molecule has 0 aliphatic heterocycles. The second-order valence-corrected chi connectivity index (χ2v) is 5.26. The van der Waals surface area contributed by atoms with Crippen LogP contribution in [0.1, 0.15) is 50.4 Å². The lowest BCUT2D eigenvalue weighted by Gasteiger charge is -2.10. The highest BCUT2D eigenvalue weighted by molar-refractivity contribution is 5.33. The fraction of sp³-hybridized carbons (Fsp3) is 0.353. The molecule has 0 fully saturated rings. The predicted octanol–water partition coefficient (Wildman–Crippen LogP) is 4.41. The zero-order valence-corrected chi connectivity index (χ0v) is 12.3. The molecule has 1 atom stereocenters. The molecule has 0 aliphatic carbocycles. The molecule has 2 aromatic rings. The van der Waals surface area contributed by atoms with Crippen LogP contribution < -0.4 is 10.5 Å². The molecular weight excluding hydrogens is 248 g/mol. The van der Waals surface area contributed by atoms with Gasteiger partial charge in [-0.3, -0.25) is 4.98 Å². The Morgan fingerprint density at radius 1 is 1.05 bits per heavy atom. The number of ether oxygens (including phenoxy) is 1. The van der Waals surface area contributed by atoms with E-state index >= 15 is 0 Å². The van der Waals surface area contributed by atoms with Gasteiger partial charge in [0.2, 0.25) is 0 Å². The Morgan fingerprint density at radius 3 is 2.20 bits per heavy atom. The highest BCUT2D eigenvalue weighted by atomic mass is 16.5. The van der Waals surface area contributed by atoms with E-state index in [1.807, 2.05) is 31.2 Å². The number of hydrogen-bond donors (Lipinski definition) is 1. The molecule has 1 heterocycles. The fourth-order valence-corrected chi connectivity index (χ4v) is 1.94. The average Bonchev–Trinajstić information content (AvgIpc) is 2.48. The Hall–Kier alpha value is -1.87. The molecular formula is C17H22N2O. The summed E-state index contributed by atoms with van der Waals surface area (Å²) in [5.41, 5.74) is 8.14. The van der Waals surface area contributed by atoms with E-state index in [2.05, 4.69) is 31.0 Å². The van der Waals surface area contributed by atoms with Crippen molar-refractivity contribution in [3.63, 3.8) is 0 Å². The molecule has 0 aliphatic rings. The zero-order chi connectivity index (χ0) is 14.5. The number of nitrogens with two attached hydrogens (primary N) is 1. The maximum Gasteiger partial charge on any atom is 0.145 e. The predicted molar refractivity (Wildman–Crippen MR) is 82.1 cm³/mol. The van der Waals surface area contributed by atoms with Crippen LogP contribution in [-0.2, 0) is 0 Å². The van der Waals surface area contributed by atoms with E-state index in [-0.39, 0.29) is 6.04 Å². The number of benzene rings is 1. The smallest absolute Gasteiger partial charge is 0.145 e. The van der Waals surface area contributed by atoms with Gasteiger partial charge in [-0.15, -0.1) is 0 Å². The van der Waals surface area contributed by atoms with Gasteiger partial charge in [0.1, 0.15) is 11.5 Å². The molecule has 0 spiro atoms. The summed E-state index contributed by atoms with van der Waals surface area (Å²) < 4.78 is 5.78. The molecule has 0 saturated heterocycles. The Kier molecular flexibility index (Phi) is 4.74. The van der Waals surface area contributed by atoms with Crippen LogP contribution in [0.25, 0.3) is 0 Å². The minimum absolute atomic E-state index is 0.00521. The van der Waals surface area contributed by atoms with E-state index in [0.717, 1.165) is 23.6 Å². The summed E-state index contributed by atoms with van der Waals surface area (Å²) in [6.07, 6.45) is 2.60. The van der Waals surface area contributed by atoms with Crippen molar-refractivity contribution in [2.45, 2.75) is 39.2 Å². The van der Waals surface area contributed by atoms with Crippen LogP contribution in [0.4, 0.5) is 0 Å². The summed E-state index contributed by atoms with van der Waals surface area (Å²) in [6.45, 7) is 6.40. The first-order valence-corrected chi connectivity index (χ1v) is 7.09. The maximum atomic E-state index is 5.94. The van der Waals surface area contributed by atoms with Crippen molar-refractivity contribution in [3.05, 3.63) is 53.9 Å². The molecule has 0 radical (unpaired) electrons. The fourth-order valence-electron chi connectivity index (χ4n) is 1.94. The third kappa shape index (κ3) is 3.58. The van der Waals surface area contributed by atoms with Crippen molar-refractivity contribution in [3.8, 4) is 11.5 Å². The van der Waals surface area contributed by atoms with Gasteiger partial charge in [-0.2, -0.15) is 0 Å². The molecule has 106 valence electrons. The van der Waals surface area contributed by atoms with Crippen LogP contribution in [0, 0.1) is 0 Å². The molecule has 1 aromatic heterocycles. The lowest BCUT2D eigenvalue weighted by atomic mass is 10.0. The van der Waals surface area contributed by atoms with E-state index in [1.54, 1.807) is 6.20 Å². The highest BCUT2D eigenvalue weighted by Gasteiger charge is 2.05. The van der Waals surface area contributed by atoms with Crippen molar-refractivity contribution in [2.75, 3.05) is 0 Å². The lowest BCUT2D eigenvalue weighted by molar-refractivity contribution is 0.478. The van der Waals surface area contributed by atoms with Gasteiger partial charge in [-0.25, -0.2) is 0 Å².